The smallest absolute Gasteiger partial charge is 0.255 e. The molecular formula is C23H21NO6. The molecule has 0 aliphatic carbocycles. The summed E-state index contributed by atoms with van der Waals surface area (Å²) in [7, 11) is 6.60. The van der Waals surface area contributed by atoms with Crippen molar-refractivity contribution in [2.75, 3.05) is 35.2 Å². The Hall–Kier alpha value is -3.61. The number of methoxy groups -OCH3 is 3. The van der Waals surface area contributed by atoms with Crippen molar-refractivity contribution in [3.8, 4) is 39.9 Å². The van der Waals surface area contributed by atoms with Crippen LogP contribution in [0, 0.1) is 0 Å². The maximum Gasteiger partial charge on any atom is 0.255 e. The third-order valence-electron chi connectivity index (χ3n) is 5.68. The lowest BCUT2D eigenvalue weighted by Crippen LogP contribution is -2.18. The third-order valence-corrected chi connectivity index (χ3v) is 5.68. The molecule has 2 heterocycles. The van der Waals surface area contributed by atoms with Gasteiger partial charge in [0.15, 0.2) is 23.0 Å². The molecular weight excluding hydrogens is 386 g/mol. The van der Waals surface area contributed by atoms with Gasteiger partial charge in [0.1, 0.15) is 5.75 Å². The molecule has 2 aliphatic rings. The highest BCUT2D eigenvalue weighted by molar-refractivity contribution is 6.15. The molecule has 5 rings (SSSR count). The number of carbonyl (C=O) groups excluding carboxylic acids is 1. The number of hydrogen-bond donors (Lipinski definition) is 0. The van der Waals surface area contributed by atoms with Gasteiger partial charge in [-0.1, -0.05) is 6.07 Å². The molecule has 30 heavy (non-hydrogen) atoms. The average molecular weight is 407 g/mol. The van der Waals surface area contributed by atoms with Crippen LogP contribution in [0.2, 0.25) is 0 Å². The number of rotatable bonds is 4. The summed E-state index contributed by atoms with van der Waals surface area (Å²) in [5.74, 6) is 3.14. The quantitative estimate of drug-likeness (QED) is 0.655. The molecule has 3 aromatic carbocycles. The maximum atomic E-state index is 13.2. The van der Waals surface area contributed by atoms with Crippen molar-refractivity contribution >= 4 is 16.7 Å². The Labute approximate surface area is 173 Å². The summed E-state index contributed by atoms with van der Waals surface area (Å²) in [6.07, 6.45) is 0. The van der Waals surface area contributed by atoms with E-state index in [1.807, 2.05) is 30.3 Å². The largest absolute Gasteiger partial charge is 0.496 e. The van der Waals surface area contributed by atoms with E-state index in [0.717, 1.165) is 27.5 Å². The Kier molecular flexibility index (Phi) is 4.13. The van der Waals surface area contributed by atoms with Gasteiger partial charge in [-0.25, -0.2) is 0 Å². The van der Waals surface area contributed by atoms with Crippen LogP contribution >= 0.6 is 0 Å². The van der Waals surface area contributed by atoms with Gasteiger partial charge in [-0.3, -0.25) is 4.79 Å². The predicted octanol–water partition coefficient (Wildman–Crippen LogP) is 3.85. The summed E-state index contributed by atoms with van der Waals surface area (Å²) < 4.78 is 27.9. The minimum absolute atomic E-state index is 0.0485. The number of ether oxygens (including phenoxy) is 5. The summed E-state index contributed by atoms with van der Waals surface area (Å²) in [5.41, 5.74) is 3.17. The number of fused-ring (bicyclic) bond motifs is 3. The van der Waals surface area contributed by atoms with Gasteiger partial charge >= 0.3 is 0 Å². The van der Waals surface area contributed by atoms with Crippen molar-refractivity contribution in [3.05, 3.63) is 41.5 Å². The summed E-state index contributed by atoms with van der Waals surface area (Å²) in [5, 5.41) is 1.69. The Balaban J connectivity index is 1.92. The van der Waals surface area contributed by atoms with Gasteiger partial charge in [-0.15, -0.1) is 0 Å². The van der Waals surface area contributed by atoms with Crippen LogP contribution in [0.4, 0.5) is 0 Å². The SMILES string of the molecule is COc1cc2c(OC)c3c(c(-c4ccc5c(c4)OCO5)c2cc1OC)C(=O)N(C)C3. The molecule has 0 aromatic heterocycles. The average Bonchev–Trinajstić information content (AvgIpc) is 3.35. The molecule has 0 saturated carbocycles. The third kappa shape index (κ3) is 2.48. The molecule has 154 valence electrons. The van der Waals surface area contributed by atoms with E-state index in [1.54, 1.807) is 33.3 Å². The highest BCUT2D eigenvalue weighted by atomic mass is 16.7. The molecule has 2 aliphatic heterocycles. The number of hydrogen-bond acceptors (Lipinski definition) is 6. The first kappa shape index (κ1) is 18.4. The van der Waals surface area contributed by atoms with Crippen LogP contribution in [0.15, 0.2) is 30.3 Å². The van der Waals surface area contributed by atoms with Crippen molar-refractivity contribution in [2.24, 2.45) is 0 Å². The molecule has 0 saturated heterocycles. The highest BCUT2D eigenvalue weighted by Crippen LogP contribution is 2.49. The van der Waals surface area contributed by atoms with Crippen LogP contribution in [-0.4, -0.2) is 46.0 Å². The van der Waals surface area contributed by atoms with Crippen LogP contribution in [0.25, 0.3) is 21.9 Å². The van der Waals surface area contributed by atoms with Gasteiger partial charge in [-0.2, -0.15) is 0 Å². The zero-order valence-corrected chi connectivity index (χ0v) is 17.2. The van der Waals surface area contributed by atoms with E-state index >= 15 is 0 Å². The van der Waals surface area contributed by atoms with E-state index in [4.69, 9.17) is 23.7 Å². The molecule has 0 atom stereocenters. The van der Waals surface area contributed by atoms with E-state index in [0.29, 0.717) is 40.9 Å². The zero-order chi connectivity index (χ0) is 21.0. The van der Waals surface area contributed by atoms with Crippen molar-refractivity contribution in [3.63, 3.8) is 0 Å². The van der Waals surface area contributed by atoms with Gasteiger partial charge < -0.3 is 28.6 Å². The van der Waals surface area contributed by atoms with Crippen molar-refractivity contribution < 1.29 is 28.5 Å². The molecule has 0 radical (unpaired) electrons. The van der Waals surface area contributed by atoms with E-state index in [9.17, 15) is 4.79 Å². The Bertz CT molecular complexity index is 1200. The van der Waals surface area contributed by atoms with Gasteiger partial charge in [0.25, 0.3) is 5.91 Å². The molecule has 7 nitrogen and oxygen atoms in total. The van der Waals surface area contributed by atoms with E-state index in [1.165, 1.54) is 0 Å². The standard InChI is InChI=1S/C23H21NO6/c1-24-10-15-21(23(24)25)20(12-5-6-16-19(7-12)30-11-29-16)13-8-17(26-2)18(27-3)9-14(13)22(15)28-4/h5-9H,10-11H2,1-4H3. The number of carbonyl (C=O) groups is 1. The van der Waals surface area contributed by atoms with Crippen molar-refractivity contribution in [2.45, 2.75) is 6.54 Å². The van der Waals surface area contributed by atoms with Crippen LogP contribution in [0.1, 0.15) is 15.9 Å². The van der Waals surface area contributed by atoms with Gasteiger partial charge in [0.05, 0.1) is 33.4 Å². The summed E-state index contributed by atoms with van der Waals surface area (Å²) >= 11 is 0. The van der Waals surface area contributed by atoms with Gasteiger partial charge in [0.2, 0.25) is 6.79 Å². The molecule has 0 fully saturated rings. The van der Waals surface area contributed by atoms with E-state index < -0.39 is 0 Å². The molecule has 1 amide bonds. The molecule has 3 aromatic rings. The van der Waals surface area contributed by atoms with Crippen LogP contribution < -0.4 is 23.7 Å². The second-order valence-corrected chi connectivity index (χ2v) is 7.24. The monoisotopic (exact) mass is 407 g/mol. The fourth-order valence-corrected chi connectivity index (χ4v) is 4.31. The molecule has 0 N–H and O–H groups in total. The minimum atomic E-state index is -0.0485. The summed E-state index contributed by atoms with van der Waals surface area (Å²) in [6.45, 7) is 0.659. The second kappa shape index (κ2) is 6.73. The molecule has 0 unspecified atom stereocenters. The Morgan fingerprint density at radius 3 is 2.27 bits per heavy atom. The van der Waals surface area contributed by atoms with Crippen LogP contribution in [0.3, 0.4) is 0 Å². The predicted molar refractivity (Wildman–Crippen MR) is 111 cm³/mol. The zero-order valence-electron chi connectivity index (χ0n) is 17.2. The first-order valence-electron chi connectivity index (χ1n) is 9.51. The van der Waals surface area contributed by atoms with Crippen LogP contribution in [0.5, 0.6) is 28.7 Å². The Morgan fingerprint density at radius 1 is 0.867 bits per heavy atom. The normalized spacial score (nSPS) is 14.3. The minimum Gasteiger partial charge on any atom is -0.496 e. The highest BCUT2D eigenvalue weighted by Gasteiger charge is 2.34. The first-order valence-corrected chi connectivity index (χ1v) is 9.51. The molecule has 0 spiro atoms. The fraction of sp³-hybridized carbons (Fsp3) is 0.261. The van der Waals surface area contributed by atoms with Crippen molar-refractivity contribution in [1.82, 2.24) is 4.90 Å². The number of nitrogens with zero attached hydrogens (tertiary/aromatic N) is 1. The lowest BCUT2D eigenvalue weighted by molar-refractivity contribution is 0.0817. The van der Waals surface area contributed by atoms with Gasteiger partial charge in [0, 0.05) is 23.6 Å². The lowest BCUT2D eigenvalue weighted by atomic mass is 9.89. The van der Waals surface area contributed by atoms with E-state index in [-0.39, 0.29) is 12.7 Å². The maximum absolute atomic E-state index is 13.2. The van der Waals surface area contributed by atoms with Crippen LogP contribution in [-0.2, 0) is 6.54 Å². The topological polar surface area (TPSA) is 66.5 Å². The molecule has 0 bridgehead atoms. The first-order chi connectivity index (χ1) is 14.6. The Morgan fingerprint density at radius 2 is 1.57 bits per heavy atom. The van der Waals surface area contributed by atoms with E-state index in [2.05, 4.69) is 0 Å². The fourth-order valence-electron chi connectivity index (χ4n) is 4.31. The summed E-state index contributed by atoms with van der Waals surface area (Å²) in [6, 6.07) is 9.50. The number of amides is 1. The van der Waals surface area contributed by atoms with Gasteiger partial charge in [-0.05, 0) is 35.2 Å². The lowest BCUT2D eigenvalue weighted by Gasteiger charge is -2.18. The molecule has 7 heteroatoms. The van der Waals surface area contributed by atoms with Crippen molar-refractivity contribution in [1.29, 1.82) is 0 Å². The second-order valence-electron chi connectivity index (χ2n) is 7.24. The summed E-state index contributed by atoms with van der Waals surface area (Å²) in [4.78, 5) is 14.9. The number of benzene rings is 3.